The van der Waals surface area contributed by atoms with Gasteiger partial charge < -0.3 is 5.73 Å². The first-order chi connectivity index (χ1) is 6.77. The first kappa shape index (κ1) is 9.38. The molecule has 0 unspecified atom stereocenters. The molecule has 2 rings (SSSR count). The van der Waals surface area contributed by atoms with E-state index in [1.165, 1.54) is 0 Å². The zero-order valence-corrected chi connectivity index (χ0v) is 9.21. The fraction of sp³-hybridized carbons (Fsp3) is 0.100. The summed E-state index contributed by atoms with van der Waals surface area (Å²) in [5, 5.41) is 10.0. The number of hydrogen-bond acceptors (Lipinski definition) is 4. The maximum Gasteiger partial charge on any atom is 0.102 e. The molecule has 0 saturated carbocycles. The fourth-order valence-electron chi connectivity index (χ4n) is 1.37. The molecule has 0 atom stereocenters. The Hall–Kier alpha value is -1.18. The van der Waals surface area contributed by atoms with Gasteiger partial charge in [-0.3, -0.25) is 0 Å². The van der Waals surface area contributed by atoms with Gasteiger partial charge >= 0.3 is 0 Å². The molecular weight excluding hydrogens is 212 g/mol. The van der Waals surface area contributed by atoms with Crippen LogP contribution in [0.1, 0.15) is 5.56 Å². The highest BCUT2D eigenvalue weighted by molar-refractivity contribution is 8.00. The van der Waals surface area contributed by atoms with E-state index in [0.29, 0.717) is 0 Å². The van der Waals surface area contributed by atoms with E-state index in [0.717, 1.165) is 25.5 Å². The number of benzene rings is 1. The van der Waals surface area contributed by atoms with Crippen LogP contribution in [0.2, 0.25) is 0 Å². The van der Waals surface area contributed by atoms with Crippen molar-refractivity contribution in [3.63, 3.8) is 0 Å². The monoisotopic (exact) mass is 220 g/mol. The Morgan fingerprint density at radius 2 is 2.29 bits per heavy atom. The number of thiophene rings is 1. The van der Waals surface area contributed by atoms with Crippen LogP contribution in [0.3, 0.4) is 0 Å². The normalized spacial score (nSPS) is 10.3. The summed E-state index contributed by atoms with van der Waals surface area (Å²) in [5.41, 5.74) is 7.35. The van der Waals surface area contributed by atoms with Crippen LogP contribution in [0.4, 0.5) is 5.69 Å². The van der Waals surface area contributed by atoms with Crippen molar-refractivity contribution in [2.24, 2.45) is 0 Å². The second-order valence-corrected chi connectivity index (χ2v) is 4.90. The van der Waals surface area contributed by atoms with Gasteiger partial charge in [0.05, 0.1) is 14.5 Å². The summed E-state index contributed by atoms with van der Waals surface area (Å²) in [6, 6.07) is 7.93. The number of nitrogen functional groups attached to an aromatic ring is 1. The van der Waals surface area contributed by atoms with Crippen LogP contribution in [0.15, 0.2) is 22.4 Å². The molecule has 0 amide bonds. The van der Waals surface area contributed by atoms with Crippen LogP contribution >= 0.6 is 23.1 Å². The predicted molar refractivity (Wildman–Crippen MR) is 62.7 cm³/mol. The summed E-state index contributed by atoms with van der Waals surface area (Å²) in [4.78, 5) is 0. The van der Waals surface area contributed by atoms with Gasteiger partial charge in [0, 0.05) is 11.1 Å². The van der Waals surface area contributed by atoms with Gasteiger partial charge in [-0.25, -0.2) is 0 Å². The molecule has 0 fully saturated rings. The number of nitriles is 1. The molecule has 4 heteroatoms. The van der Waals surface area contributed by atoms with Crippen molar-refractivity contribution in [1.29, 1.82) is 5.26 Å². The molecule has 2 nitrogen and oxygen atoms in total. The molecule has 1 heterocycles. The Morgan fingerprint density at radius 1 is 1.50 bits per heavy atom. The maximum atomic E-state index is 9.03. The third kappa shape index (κ3) is 1.26. The van der Waals surface area contributed by atoms with Crippen LogP contribution in [-0.4, -0.2) is 6.26 Å². The predicted octanol–water partition coefficient (Wildman–Crippen LogP) is 3.08. The van der Waals surface area contributed by atoms with Gasteiger partial charge in [0.1, 0.15) is 6.07 Å². The van der Waals surface area contributed by atoms with Gasteiger partial charge in [0.2, 0.25) is 0 Å². The van der Waals surface area contributed by atoms with Crippen LogP contribution in [0, 0.1) is 11.3 Å². The van der Waals surface area contributed by atoms with Crippen LogP contribution < -0.4 is 5.73 Å². The van der Waals surface area contributed by atoms with Crippen molar-refractivity contribution < 1.29 is 0 Å². The zero-order valence-electron chi connectivity index (χ0n) is 7.57. The summed E-state index contributed by atoms with van der Waals surface area (Å²) in [6.07, 6.45) is 1.97. The topological polar surface area (TPSA) is 49.8 Å². The summed E-state index contributed by atoms with van der Waals surface area (Å²) >= 11 is 3.19. The molecular formula is C10H8N2S2. The number of nitrogens with zero attached hydrogens (tertiary/aromatic N) is 1. The molecule has 0 aliphatic heterocycles. The summed E-state index contributed by atoms with van der Waals surface area (Å²) in [7, 11) is 0. The van der Waals surface area contributed by atoms with E-state index in [9.17, 15) is 0 Å². The van der Waals surface area contributed by atoms with E-state index in [4.69, 9.17) is 11.0 Å². The molecule has 0 spiro atoms. The minimum Gasteiger partial charge on any atom is -0.398 e. The van der Waals surface area contributed by atoms with E-state index in [-0.39, 0.29) is 0 Å². The smallest absolute Gasteiger partial charge is 0.102 e. The van der Waals surface area contributed by atoms with Gasteiger partial charge in [-0.2, -0.15) is 5.26 Å². The third-order valence-electron chi connectivity index (χ3n) is 2.01. The van der Waals surface area contributed by atoms with Crippen molar-refractivity contribution in [3.05, 3.63) is 23.8 Å². The lowest BCUT2D eigenvalue weighted by Gasteiger charge is -1.93. The van der Waals surface area contributed by atoms with Gasteiger partial charge in [0.25, 0.3) is 0 Å². The van der Waals surface area contributed by atoms with E-state index in [2.05, 4.69) is 6.07 Å². The minimum atomic E-state index is 0.754. The van der Waals surface area contributed by atoms with Gasteiger partial charge in [0.15, 0.2) is 0 Å². The summed E-state index contributed by atoms with van der Waals surface area (Å²) in [5.74, 6) is 0. The van der Waals surface area contributed by atoms with Crippen molar-refractivity contribution >= 4 is 38.9 Å². The Kier molecular flexibility index (Phi) is 2.36. The highest BCUT2D eigenvalue weighted by Gasteiger charge is 2.11. The average Bonchev–Trinajstić information content (AvgIpc) is 2.57. The van der Waals surface area contributed by atoms with Crippen molar-refractivity contribution in [1.82, 2.24) is 0 Å². The Morgan fingerprint density at radius 3 is 2.93 bits per heavy atom. The van der Waals surface area contributed by atoms with Crippen LogP contribution in [0.5, 0.6) is 0 Å². The van der Waals surface area contributed by atoms with Crippen molar-refractivity contribution in [2.75, 3.05) is 12.0 Å². The molecule has 1 aromatic carbocycles. The zero-order chi connectivity index (χ0) is 10.1. The number of fused-ring (bicyclic) bond motifs is 1. The van der Waals surface area contributed by atoms with E-state index < -0.39 is 0 Å². The number of nitrogens with two attached hydrogens (primary N) is 1. The molecule has 0 bridgehead atoms. The lowest BCUT2D eigenvalue weighted by molar-refractivity contribution is 1.48. The van der Waals surface area contributed by atoms with Crippen molar-refractivity contribution in [3.8, 4) is 6.07 Å². The SMILES string of the molecule is CSc1sc2c(N)cccc2c1C#N. The molecule has 2 aromatic rings. The first-order valence-electron chi connectivity index (χ1n) is 4.03. The van der Waals surface area contributed by atoms with Crippen molar-refractivity contribution in [2.45, 2.75) is 4.21 Å². The first-order valence-corrected chi connectivity index (χ1v) is 6.07. The lowest BCUT2D eigenvalue weighted by Crippen LogP contribution is -1.82. The fourth-order valence-corrected chi connectivity index (χ4v) is 3.22. The van der Waals surface area contributed by atoms with Gasteiger partial charge in [-0.05, 0) is 12.3 Å². The quantitative estimate of drug-likeness (QED) is 0.593. The van der Waals surface area contributed by atoms with E-state index in [1.807, 2.05) is 24.5 Å². The third-order valence-corrected chi connectivity index (χ3v) is 4.39. The molecule has 0 aliphatic rings. The average molecular weight is 220 g/mol. The Bertz CT molecular complexity index is 523. The minimum absolute atomic E-state index is 0.754. The molecule has 2 N–H and O–H groups in total. The molecule has 0 radical (unpaired) electrons. The van der Waals surface area contributed by atoms with Crippen LogP contribution in [-0.2, 0) is 0 Å². The summed E-state index contributed by atoms with van der Waals surface area (Å²) in [6.45, 7) is 0. The van der Waals surface area contributed by atoms with E-state index in [1.54, 1.807) is 23.1 Å². The molecule has 0 saturated heterocycles. The maximum absolute atomic E-state index is 9.03. The highest BCUT2D eigenvalue weighted by atomic mass is 32.2. The molecule has 1 aromatic heterocycles. The number of hydrogen-bond donors (Lipinski definition) is 1. The van der Waals surface area contributed by atoms with Gasteiger partial charge in [-0.15, -0.1) is 23.1 Å². The van der Waals surface area contributed by atoms with Gasteiger partial charge in [-0.1, -0.05) is 12.1 Å². The Labute approximate surface area is 90.3 Å². The second kappa shape index (κ2) is 3.52. The number of anilines is 1. The molecule has 0 aliphatic carbocycles. The largest absolute Gasteiger partial charge is 0.398 e. The highest BCUT2D eigenvalue weighted by Crippen LogP contribution is 2.39. The van der Waals surface area contributed by atoms with Crippen LogP contribution in [0.25, 0.3) is 10.1 Å². The molecule has 70 valence electrons. The lowest BCUT2D eigenvalue weighted by atomic mass is 10.2. The Balaban J connectivity index is 2.88. The van der Waals surface area contributed by atoms with E-state index >= 15 is 0 Å². The summed E-state index contributed by atoms with van der Waals surface area (Å²) < 4.78 is 2.06. The second-order valence-electron chi connectivity index (χ2n) is 2.80. The standard InChI is InChI=1S/C10H8N2S2/c1-13-10-7(5-11)6-3-2-4-8(12)9(6)14-10/h2-4H,12H2,1H3. The number of thioether (sulfide) groups is 1. The number of rotatable bonds is 1. The molecule has 14 heavy (non-hydrogen) atoms.